The summed E-state index contributed by atoms with van der Waals surface area (Å²) in [4.78, 5) is 180. The summed E-state index contributed by atoms with van der Waals surface area (Å²) in [6.07, 6.45) is 14.5. The Morgan fingerprint density at radius 3 is 0.467 bits per heavy atom. The molecule has 28 heteroatoms. The van der Waals surface area contributed by atoms with Crippen molar-refractivity contribution in [3.8, 4) is 0 Å². The first kappa shape index (κ1) is 105. The maximum absolute atomic E-state index is 16.3. The molecule has 6 amide bonds. The van der Waals surface area contributed by atoms with Gasteiger partial charge in [0, 0.05) is 64.2 Å². The zero-order valence-electron chi connectivity index (χ0n) is 79.0. The molecule has 0 aromatic heterocycles. The summed E-state index contributed by atoms with van der Waals surface area (Å²) in [5.74, 6) is -10.1. The zero-order valence-corrected chi connectivity index (χ0v) is 79.0. The van der Waals surface area contributed by atoms with Crippen molar-refractivity contribution in [2.45, 2.75) is 232 Å². The van der Waals surface area contributed by atoms with E-state index in [9.17, 15) is 38.4 Å². The molecule has 0 heterocycles. The van der Waals surface area contributed by atoms with Gasteiger partial charge in [0.1, 0.15) is 24.4 Å². The van der Waals surface area contributed by atoms with Crippen LogP contribution in [0.1, 0.15) is 207 Å². The summed E-state index contributed by atoms with van der Waals surface area (Å²) in [6, 6.07) is 0. The average Bonchev–Trinajstić information content (AvgIpc) is 0.816. The van der Waals surface area contributed by atoms with Crippen LogP contribution in [0.3, 0.4) is 0 Å². The van der Waals surface area contributed by atoms with Crippen LogP contribution in [0.5, 0.6) is 0 Å². The van der Waals surface area contributed by atoms with E-state index in [-0.39, 0.29) is 49.8 Å². The lowest BCUT2D eigenvalue weighted by Crippen LogP contribution is -2.52. The quantitative estimate of drug-likeness (QED) is 0.0410. The Morgan fingerprint density at radius 2 is 0.325 bits per heavy atom. The first-order valence-electron chi connectivity index (χ1n) is 46.7. The van der Waals surface area contributed by atoms with Gasteiger partial charge in [-0.25, -0.2) is 0 Å². The lowest BCUT2D eigenvalue weighted by atomic mass is 9.77. The lowest BCUT2D eigenvalue weighted by Gasteiger charge is -2.39. The lowest BCUT2D eigenvalue weighted by molar-refractivity contribution is -0.167. The van der Waals surface area contributed by atoms with Gasteiger partial charge in [-0.2, -0.15) is 0 Å². The summed E-state index contributed by atoms with van der Waals surface area (Å²) in [5, 5.41) is 0. The fourth-order valence-corrected chi connectivity index (χ4v) is 19.0. The molecule has 5 fully saturated rings. The molecule has 14 atom stereocenters. The molecule has 0 N–H and O–H groups in total. The molecule has 0 saturated heterocycles. The van der Waals surface area contributed by atoms with Crippen molar-refractivity contribution in [1.29, 1.82) is 0 Å². The standard InChI is InChI=1S/C92H170N14O14/c1-69(117-89(113)79-45-27-23-41-75(79)83(107)101(57-31-49-93(5)6)58-32-50-94(7)8)65-105(66-70(2)118-90(114)80-46-28-24-42-76(80)84(108)102(59-33-51-95(9)10)60-34-52-96(11)12)87(111)73-39-21-22-40-74(73)88(112)106(67-71(3)119-91(115)81-47-29-25-43-77(81)85(109)103(61-35-53-97(13)14)62-36-54-98(15)16)68-72(4)120-92(116)82-48-30-26-44-78(82)86(110)104(63-37-55-99(17)18)64-38-56-100(19)20/h69-82H,21-68H2,1-20H3. The smallest absolute Gasteiger partial charge is 0.310 e. The number of ether oxygens (including phenoxy) is 4. The van der Waals surface area contributed by atoms with Gasteiger partial charge in [0.25, 0.3) is 0 Å². The molecule has 5 saturated carbocycles. The van der Waals surface area contributed by atoms with Gasteiger partial charge in [-0.3, -0.25) is 47.9 Å². The van der Waals surface area contributed by atoms with Crippen LogP contribution in [-0.2, 0) is 66.9 Å². The second kappa shape index (κ2) is 55.7. The Bertz CT molecular complexity index is 2630. The van der Waals surface area contributed by atoms with Crippen molar-refractivity contribution < 1.29 is 66.9 Å². The summed E-state index contributed by atoms with van der Waals surface area (Å²) in [5.41, 5.74) is 0. The minimum Gasteiger partial charge on any atom is -0.461 e. The highest BCUT2D eigenvalue weighted by Crippen LogP contribution is 2.40. The molecule has 14 unspecified atom stereocenters. The van der Waals surface area contributed by atoms with E-state index in [0.717, 1.165) is 155 Å². The Balaban J connectivity index is 1.55. The Kier molecular flexibility index (Phi) is 48.7. The van der Waals surface area contributed by atoms with Crippen molar-refractivity contribution in [1.82, 2.24) is 68.6 Å². The van der Waals surface area contributed by atoms with Crippen LogP contribution in [-0.4, -0.2) is 396 Å². The molecule has 120 heavy (non-hydrogen) atoms. The normalized spacial score (nSPS) is 22.7. The highest BCUT2D eigenvalue weighted by molar-refractivity contribution is 5.90. The number of esters is 4. The topological polar surface area (TPSA) is 253 Å². The van der Waals surface area contributed by atoms with E-state index in [1.54, 1.807) is 37.5 Å². The van der Waals surface area contributed by atoms with Gasteiger partial charge in [-0.1, -0.05) is 64.2 Å². The third kappa shape index (κ3) is 37.3. The Morgan fingerprint density at radius 1 is 0.200 bits per heavy atom. The molecular weight excluding hydrogens is 1530 g/mol. The van der Waals surface area contributed by atoms with Crippen molar-refractivity contribution in [3.63, 3.8) is 0 Å². The van der Waals surface area contributed by atoms with Crippen LogP contribution >= 0.6 is 0 Å². The second-order valence-corrected chi connectivity index (χ2v) is 38.5. The predicted molar refractivity (Wildman–Crippen MR) is 474 cm³/mol. The molecular formula is C92H170N14O14. The van der Waals surface area contributed by atoms with Gasteiger partial charge in [0.15, 0.2) is 0 Å². The average molecular weight is 1700 g/mol. The monoisotopic (exact) mass is 1700 g/mol. The van der Waals surface area contributed by atoms with Crippen LogP contribution < -0.4 is 0 Å². The third-order valence-electron chi connectivity index (χ3n) is 25.3. The SMILES string of the molecule is CC(CN(CC(C)OC(=O)C1CCCCC1C(=O)N(CCCN(C)C)CCCN(C)C)C(=O)C1CCCCC1C(=O)N(CC(C)OC(=O)C1CCCCC1C(=O)N(CCCN(C)C)CCCN(C)C)CC(C)OC(=O)C1CCCCC1C(=O)N(CCCN(C)C)CCCN(C)C)OC(=O)C1CCCCC1C(=O)N(CCCN(C)C)CCCN(C)C. The van der Waals surface area contributed by atoms with Gasteiger partial charge in [-0.05, 0) is 308 Å². The number of carbonyl (C=O) groups is 10. The van der Waals surface area contributed by atoms with E-state index in [0.29, 0.717) is 129 Å². The number of hydrogen-bond donors (Lipinski definition) is 0. The largest absolute Gasteiger partial charge is 0.461 e. The highest BCUT2D eigenvalue weighted by Gasteiger charge is 2.47. The van der Waals surface area contributed by atoms with Crippen LogP contribution in [0.15, 0.2) is 0 Å². The molecule has 5 aliphatic rings. The van der Waals surface area contributed by atoms with E-state index in [4.69, 9.17) is 18.9 Å². The van der Waals surface area contributed by atoms with Gasteiger partial charge in [0.05, 0.1) is 73.5 Å². The summed E-state index contributed by atoms with van der Waals surface area (Å²) < 4.78 is 25.9. The minimum absolute atomic E-state index is 0.0473. The van der Waals surface area contributed by atoms with Gasteiger partial charge >= 0.3 is 23.9 Å². The van der Waals surface area contributed by atoms with Gasteiger partial charge in [0.2, 0.25) is 35.4 Å². The molecule has 0 radical (unpaired) electrons. The van der Waals surface area contributed by atoms with E-state index < -0.39 is 119 Å². The molecule has 5 rings (SSSR count). The molecule has 0 aromatic rings. The fourth-order valence-electron chi connectivity index (χ4n) is 19.0. The summed E-state index contributed by atoms with van der Waals surface area (Å²) in [7, 11) is 32.2. The van der Waals surface area contributed by atoms with Crippen LogP contribution in [0, 0.1) is 59.2 Å². The van der Waals surface area contributed by atoms with Crippen molar-refractivity contribution >= 4 is 59.3 Å². The van der Waals surface area contributed by atoms with Crippen molar-refractivity contribution in [3.05, 3.63) is 0 Å². The Labute approximate surface area is 726 Å². The maximum Gasteiger partial charge on any atom is 0.310 e. The predicted octanol–water partition coefficient (Wildman–Crippen LogP) is 8.33. The number of amides is 6. The molecule has 5 aliphatic carbocycles. The summed E-state index contributed by atoms with van der Waals surface area (Å²) >= 11 is 0. The first-order chi connectivity index (χ1) is 57.0. The fraction of sp³-hybridized carbons (Fsp3) is 0.891. The molecule has 0 spiro atoms. The van der Waals surface area contributed by atoms with Crippen LogP contribution in [0.25, 0.3) is 0 Å². The van der Waals surface area contributed by atoms with E-state index in [2.05, 4.69) is 39.2 Å². The molecule has 0 bridgehead atoms. The van der Waals surface area contributed by atoms with Crippen LogP contribution in [0.4, 0.5) is 0 Å². The van der Waals surface area contributed by atoms with Crippen LogP contribution in [0.2, 0.25) is 0 Å². The minimum atomic E-state index is -0.937. The number of hydrogen-bond acceptors (Lipinski definition) is 22. The number of carbonyl (C=O) groups excluding carboxylic acids is 10. The second-order valence-electron chi connectivity index (χ2n) is 38.5. The molecule has 692 valence electrons. The molecule has 28 nitrogen and oxygen atoms in total. The van der Waals surface area contributed by atoms with Gasteiger partial charge in [-0.15, -0.1) is 0 Å². The molecule has 0 aromatic carbocycles. The zero-order chi connectivity index (χ0) is 88.7. The van der Waals surface area contributed by atoms with Crippen molar-refractivity contribution in [2.24, 2.45) is 59.2 Å². The maximum atomic E-state index is 16.3. The van der Waals surface area contributed by atoms with Gasteiger partial charge < -0.3 is 87.5 Å². The molecule has 0 aliphatic heterocycles. The number of rotatable bonds is 54. The van der Waals surface area contributed by atoms with E-state index in [1.165, 1.54) is 0 Å². The Hall–Kier alpha value is -5.62. The third-order valence-corrected chi connectivity index (χ3v) is 25.3. The first-order valence-corrected chi connectivity index (χ1v) is 46.7. The highest BCUT2D eigenvalue weighted by atomic mass is 16.6. The van der Waals surface area contributed by atoms with Crippen molar-refractivity contribution in [2.75, 3.05) is 244 Å². The number of nitrogens with zero attached hydrogens (tertiary/aromatic N) is 14. The van der Waals surface area contributed by atoms with E-state index >= 15 is 9.59 Å². The van der Waals surface area contributed by atoms with E-state index in [1.807, 2.05) is 132 Å². The summed E-state index contributed by atoms with van der Waals surface area (Å²) in [6.45, 7) is 17.3.